The molecule has 0 aliphatic carbocycles. The number of hydrogen-bond donors (Lipinski definition) is 0. The molecule has 1 aromatic heterocycles. The monoisotopic (exact) mass is 396 g/mol. The van der Waals surface area contributed by atoms with Gasteiger partial charge in [-0.05, 0) is 35.4 Å². The number of nitriles is 1. The van der Waals surface area contributed by atoms with E-state index in [-0.39, 0.29) is 12.5 Å². The summed E-state index contributed by atoms with van der Waals surface area (Å²) in [4.78, 5) is 18.9. The Balaban J connectivity index is 1.62. The standard InChI is InChI=1S/C21H15F3N4O/c22-21(23,24)17-7-3-15(4-8-17)11-27-12-18-10-26-13-28(18)19(20(27)29)16-5-1-14(9-25)2-6-16/h1-8,10,13,19H,11-12H2. The van der Waals surface area contributed by atoms with Gasteiger partial charge in [-0.15, -0.1) is 0 Å². The fraction of sp³-hybridized carbons (Fsp3) is 0.190. The predicted octanol–water partition coefficient (Wildman–Crippen LogP) is 3.91. The Kier molecular flexibility index (Phi) is 4.59. The lowest BCUT2D eigenvalue weighted by Gasteiger charge is -2.34. The maximum absolute atomic E-state index is 13.2. The summed E-state index contributed by atoms with van der Waals surface area (Å²) in [7, 11) is 0. The minimum Gasteiger partial charge on any atom is -0.330 e. The molecule has 8 heteroatoms. The Morgan fingerprint density at radius 3 is 2.41 bits per heavy atom. The van der Waals surface area contributed by atoms with Crippen LogP contribution in [0.15, 0.2) is 61.1 Å². The van der Waals surface area contributed by atoms with E-state index in [0.717, 1.165) is 17.8 Å². The van der Waals surface area contributed by atoms with E-state index >= 15 is 0 Å². The Morgan fingerprint density at radius 1 is 1.10 bits per heavy atom. The van der Waals surface area contributed by atoms with Crippen LogP contribution in [0.4, 0.5) is 13.2 Å². The van der Waals surface area contributed by atoms with Gasteiger partial charge in [-0.1, -0.05) is 24.3 Å². The van der Waals surface area contributed by atoms with Crippen molar-refractivity contribution >= 4 is 5.91 Å². The quantitative estimate of drug-likeness (QED) is 0.675. The van der Waals surface area contributed by atoms with Crippen molar-refractivity contribution in [3.05, 3.63) is 89.0 Å². The van der Waals surface area contributed by atoms with Gasteiger partial charge in [-0.2, -0.15) is 18.4 Å². The van der Waals surface area contributed by atoms with Gasteiger partial charge in [0.25, 0.3) is 5.91 Å². The van der Waals surface area contributed by atoms with Crippen molar-refractivity contribution in [2.45, 2.75) is 25.3 Å². The molecular weight excluding hydrogens is 381 g/mol. The molecule has 0 fully saturated rings. The molecule has 0 spiro atoms. The van der Waals surface area contributed by atoms with Gasteiger partial charge in [0.15, 0.2) is 0 Å². The number of imidazole rings is 1. The van der Waals surface area contributed by atoms with Crippen molar-refractivity contribution in [2.75, 3.05) is 0 Å². The summed E-state index contributed by atoms with van der Waals surface area (Å²) in [6, 6.07) is 13.0. The van der Waals surface area contributed by atoms with Crippen molar-refractivity contribution in [1.29, 1.82) is 5.26 Å². The van der Waals surface area contributed by atoms with Crippen LogP contribution in [0.5, 0.6) is 0 Å². The summed E-state index contributed by atoms with van der Waals surface area (Å²) in [5.74, 6) is -0.180. The van der Waals surface area contributed by atoms with E-state index in [1.807, 2.05) is 6.07 Å². The highest BCUT2D eigenvalue weighted by molar-refractivity contribution is 5.84. The van der Waals surface area contributed by atoms with Gasteiger partial charge in [0.2, 0.25) is 0 Å². The highest BCUT2D eigenvalue weighted by atomic mass is 19.4. The topological polar surface area (TPSA) is 61.9 Å². The van der Waals surface area contributed by atoms with Crippen LogP contribution in [-0.2, 0) is 24.1 Å². The van der Waals surface area contributed by atoms with Crippen molar-refractivity contribution in [3.63, 3.8) is 0 Å². The molecule has 1 aliphatic heterocycles. The molecule has 0 N–H and O–H groups in total. The summed E-state index contributed by atoms with van der Waals surface area (Å²) in [5.41, 5.74) is 1.92. The number of nitrogens with zero attached hydrogens (tertiary/aromatic N) is 4. The summed E-state index contributed by atoms with van der Waals surface area (Å²) in [6.45, 7) is 0.502. The average Bonchev–Trinajstić information content (AvgIpc) is 3.16. The number of carbonyl (C=O) groups excluding carboxylic acids is 1. The van der Waals surface area contributed by atoms with Crippen molar-refractivity contribution in [2.24, 2.45) is 0 Å². The van der Waals surface area contributed by atoms with Crippen molar-refractivity contribution < 1.29 is 18.0 Å². The molecule has 1 amide bonds. The number of aromatic nitrogens is 2. The minimum atomic E-state index is -4.40. The van der Waals surface area contributed by atoms with Crippen molar-refractivity contribution in [3.8, 4) is 6.07 Å². The summed E-state index contributed by atoms with van der Waals surface area (Å²) >= 11 is 0. The van der Waals surface area contributed by atoms with Gasteiger partial charge < -0.3 is 9.47 Å². The highest BCUT2D eigenvalue weighted by Gasteiger charge is 2.34. The first-order chi connectivity index (χ1) is 13.9. The highest BCUT2D eigenvalue weighted by Crippen LogP contribution is 2.31. The number of rotatable bonds is 3. The molecule has 1 atom stereocenters. The molecule has 4 rings (SSSR count). The first-order valence-electron chi connectivity index (χ1n) is 8.82. The largest absolute Gasteiger partial charge is 0.416 e. The molecule has 146 valence electrons. The zero-order valence-electron chi connectivity index (χ0n) is 15.1. The molecule has 2 aromatic carbocycles. The van der Waals surface area contributed by atoms with Crippen LogP contribution >= 0.6 is 0 Å². The van der Waals surface area contributed by atoms with Gasteiger partial charge in [-0.25, -0.2) is 4.98 Å². The third-order valence-electron chi connectivity index (χ3n) is 4.93. The van der Waals surface area contributed by atoms with Crippen LogP contribution < -0.4 is 0 Å². The van der Waals surface area contributed by atoms with Crippen LogP contribution in [-0.4, -0.2) is 20.4 Å². The number of carbonyl (C=O) groups is 1. The van der Waals surface area contributed by atoms with Gasteiger partial charge in [0.1, 0.15) is 6.04 Å². The Hall–Kier alpha value is -3.60. The number of alkyl halides is 3. The second-order valence-corrected chi connectivity index (χ2v) is 6.82. The van der Waals surface area contributed by atoms with Crippen LogP contribution in [0.2, 0.25) is 0 Å². The zero-order chi connectivity index (χ0) is 20.6. The fourth-order valence-electron chi connectivity index (χ4n) is 3.45. The molecule has 2 heterocycles. The third-order valence-corrected chi connectivity index (χ3v) is 4.93. The van der Waals surface area contributed by atoms with Crippen LogP contribution in [0, 0.1) is 11.3 Å². The number of hydrogen-bond acceptors (Lipinski definition) is 3. The second-order valence-electron chi connectivity index (χ2n) is 6.82. The van der Waals surface area contributed by atoms with E-state index in [9.17, 15) is 18.0 Å². The predicted molar refractivity (Wildman–Crippen MR) is 97.2 cm³/mol. The Bertz CT molecular complexity index is 1080. The van der Waals surface area contributed by atoms with Gasteiger partial charge in [0, 0.05) is 12.7 Å². The second kappa shape index (κ2) is 7.09. The molecule has 29 heavy (non-hydrogen) atoms. The lowest BCUT2D eigenvalue weighted by Crippen LogP contribution is -2.42. The van der Waals surface area contributed by atoms with E-state index < -0.39 is 17.8 Å². The lowest BCUT2D eigenvalue weighted by molar-refractivity contribution is -0.138. The first-order valence-corrected chi connectivity index (χ1v) is 8.82. The van der Waals surface area contributed by atoms with Crippen LogP contribution in [0.3, 0.4) is 0 Å². The maximum atomic E-state index is 13.2. The smallest absolute Gasteiger partial charge is 0.330 e. The SMILES string of the molecule is N#Cc1ccc(C2C(=O)N(Cc3ccc(C(F)(F)F)cc3)Cc3cncn32)cc1. The van der Waals surface area contributed by atoms with Gasteiger partial charge >= 0.3 is 6.18 Å². The minimum absolute atomic E-state index is 0.180. The number of benzene rings is 2. The van der Waals surface area contributed by atoms with E-state index in [0.29, 0.717) is 23.2 Å². The van der Waals surface area contributed by atoms with Crippen LogP contribution in [0.1, 0.15) is 34.0 Å². The third kappa shape index (κ3) is 3.59. The number of amides is 1. The summed E-state index contributed by atoms with van der Waals surface area (Å²) in [6.07, 6.45) is -1.14. The molecule has 0 radical (unpaired) electrons. The van der Waals surface area contributed by atoms with Crippen molar-refractivity contribution in [1.82, 2.24) is 14.5 Å². The zero-order valence-corrected chi connectivity index (χ0v) is 15.1. The Morgan fingerprint density at radius 2 is 1.79 bits per heavy atom. The summed E-state index contributed by atoms with van der Waals surface area (Å²) < 4.78 is 40.1. The molecule has 5 nitrogen and oxygen atoms in total. The molecular formula is C21H15F3N4O. The first kappa shape index (κ1) is 18.7. The lowest BCUT2D eigenvalue weighted by atomic mass is 10.0. The fourth-order valence-corrected chi connectivity index (χ4v) is 3.45. The molecule has 0 bridgehead atoms. The average molecular weight is 396 g/mol. The van der Waals surface area contributed by atoms with E-state index in [1.165, 1.54) is 12.1 Å². The molecule has 1 aliphatic rings. The number of halogens is 3. The summed E-state index contributed by atoms with van der Waals surface area (Å²) in [5, 5.41) is 8.98. The molecule has 3 aromatic rings. The molecule has 0 saturated carbocycles. The van der Waals surface area contributed by atoms with E-state index in [4.69, 9.17) is 5.26 Å². The number of fused-ring (bicyclic) bond motifs is 1. The van der Waals surface area contributed by atoms with Gasteiger partial charge in [0.05, 0.1) is 35.8 Å². The van der Waals surface area contributed by atoms with Crippen LogP contribution in [0.25, 0.3) is 0 Å². The molecule has 0 saturated heterocycles. The normalized spacial score (nSPS) is 16.4. The van der Waals surface area contributed by atoms with Gasteiger partial charge in [-0.3, -0.25) is 4.79 Å². The van der Waals surface area contributed by atoms with E-state index in [2.05, 4.69) is 4.98 Å². The Labute approximate surface area is 164 Å². The molecule has 1 unspecified atom stereocenters. The maximum Gasteiger partial charge on any atom is 0.416 e. The van der Waals surface area contributed by atoms with E-state index in [1.54, 1.807) is 46.3 Å².